The van der Waals surface area contributed by atoms with Crippen molar-refractivity contribution in [3.8, 4) is 0 Å². The molecule has 22 heavy (non-hydrogen) atoms. The number of hydrogen-bond donors (Lipinski definition) is 0. The molecular weight excluding hydrogens is 325 g/mol. The fourth-order valence-electron chi connectivity index (χ4n) is 2.14. The first-order chi connectivity index (χ1) is 10.1. The molecule has 1 aromatic carbocycles. The first-order valence-electron chi connectivity index (χ1n) is 5.94. The molecule has 2 rings (SSSR count). The molecule has 1 heterocycles. The van der Waals surface area contributed by atoms with Gasteiger partial charge in [0.15, 0.2) is 0 Å². The number of hydrogen-bond acceptors (Lipinski definition) is 3. The van der Waals surface area contributed by atoms with Gasteiger partial charge in [-0.15, -0.1) is 0 Å². The summed E-state index contributed by atoms with van der Waals surface area (Å²) < 4.78 is 63.2. The van der Waals surface area contributed by atoms with E-state index in [2.05, 4.69) is 9.43 Å². The second kappa shape index (κ2) is 5.50. The predicted octanol–water partition coefficient (Wildman–Crippen LogP) is 2.13. The van der Waals surface area contributed by atoms with Crippen LogP contribution >= 0.6 is 0 Å². The largest absolute Gasteiger partial charge is 0.471 e. The Morgan fingerprint density at radius 3 is 2.59 bits per heavy atom. The maximum absolute atomic E-state index is 12.4. The number of carbonyl (C=O) groups is 1. The Balaban J connectivity index is 2.35. The molecule has 1 aromatic rings. The molecule has 1 amide bonds. The average Bonchev–Trinajstić information content (AvgIpc) is 2.44. The lowest BCUT2D eigenvalue weighted by Gasteiger charge is -2.29. The highest BCUT2D eigenvalue weighted by molar-refractivity contribution is 7.90. The van der Waals surface area contributed by atoms with Crippen LogP contribution < -0.4 is 0 Å². The third-order valence-electron chi connectivity index (χ3n) is 3.16. The zero-order valence-electron chi connectivity index (χ0n) is 10.9. The van der Waals surface area contributed by atoms with Gasteiger partial charge < -0.3 is 4.90 Å². The average molecular weight is 334 g/mol. The van der Waals surface area contributed by atoms with Gasteiger partial charge in [0.05, 0.1) is 4.90 Å². The van der Waals surface area contributed by atoms with Crippen molar-refractivity contribution in [2.45, 2.75) is 24.0 Å². The minimum Gasteiger partial charge on any atom is -0.330 e. The molecule has 0 radical (unpaired) electrons. The summed E-state index contributed by atoms with van der Waals surface area (Å²) in [6.45, 7) is -0.457. The summed E-state index contributed by atoms with van der Waals surface area (Å²) in [4.78, 5) is 13.7. The molecule has 0 unspecified atom stereocenters. The van der Waals surface area contributed by atoms with Gasteiger partial charge in [-0.25, -0.2) is 8.42 Å². The van der Waals surface area contributed by atoms with Gasteiger partial charge >= 0.3 is 12.1 Å². The van der Waals surface area contributed by atoms with Crippen LogP contribution in [-0.2, 0) is 27.8 Å². The third-order valence-corrected chi connectivity index (χ3v) is 4.30. The summed E-state index contributed by atoms with van der Waals surface area (Å²) >= 11 is 0. The normalized spacial score (nSPS) is 15.0. The second-order valence-corrected chi connectivity index (χ2v) is 6.14. The molecular formula is C11H9F3N4O3S. The van der Waals surface area contributed by atoms with E-state index in [1.54, 1.807) is 0 Å². The van der Waals surface area contributed by atoms with Gasteiger partial charge in [-0.2, -0.15) is 13.2 Å². The Bertz CT molecular complexity index is 769. The summed E-state index contributed by atoms with van der Waals surface area (Å²) in [6, 6.07) is 3.77. The number of fused-ring (bicyclic) bond motifs is 1. The van der Waals surface area contributed by atoms with Gasteiger partial charge in [0.1, 0.15) is 0 Å². The SMILES string of the molecule is [N-]=[N+]=NS(=O)(=O)c1ccc2c(c1)CN(C(=O)C(F)(F)F)CC2. The molecule has 1 aliphatic heterocycles. The lowest BCUT2D eigenvalue weighted by molar-refractivity contribution is -0.186. The van der Waals surface area contributed by atoms with Gasteiger partial charge in [-0.1, -0.05) is 6.07 Å². The molecule has 0 N–H and O–H groups in total. The predicted molar refractivity (Wildman–Crippen MR) is 67.9 cm³/mol. The number of sulfonamides is 1. The molecule has 11 heteroatoms. The Kier molecular flexibility index (Phi) is 4.03. The first kappa shape index (κ1) is 16.1. The van der Waals surface area contributed by atoms with Crippen molar-refractivity contribution in [1.29, 1.82) is 0 Å². The van der Waals surface area contributed by atoms with Crippen molar-refractivity contribution in [3.63, 3.8) is 0 Å². The fraction of sp³-hybridized carbons (Fsp3) is 0.364. The molecule has 7 nitrogen and oxygen atoms in total. The summed E-state index contributed by atoms with van der Waals surface area (Å²) in [6.07, 6.45) is -4.80. The van der Waals surface area contributed by atoms with E-state index >= 15 is 0 Å². The van der Waals surface area contributed by atoms with Crippen LogP contribution in [0.4, 0.5) is 13.2 Å². The van der Waals surface area contributed by atoms with Crippen LogP contribution in [0.1, 0.15) is 11.1 Å². The summed E-state index contributed by atoms with van der Waals surface area (Å²) in [5, 5.41) is 0. The number of carbonyl (C=O) groups excluding carboxylic acids is 1. The Hall–Kier alpha value is -2.26. The van der Waals surface area contributed by atoms with Gasteiger partial charge in [0, 0.05) is 22.5 Å². The minimum atomic E-state index is -4.98. The van der Waals surface area contributed by atoms with E-state index in [0.717, 1.165) is 6.07 Å². The van der Waals surface area contributed by atoms with E-state index in [1.165, 1.54) is 12.1 Å². The van der Waals surface area contributed by atoms with Crippen molar-refractivity contribution in [2.75, 3.05) is 6.54 Å². The number of rotatable bonds is 2. The molecule has 0 aromatic heterocycles. The van der Waals surface area contributed by atoms with Crippen LogP contribution in [0.15, 0.2) is 27.6 Å². The highest BCUT2D eigenvalue weighted by Crippen LogP contribution is 2.27. The van der Waals surface area contributed by atoms with Gasteiger partial charge in [-0.3, -0.25) is 4.79 Å². The summed E-state index contributed by atoms with van der Waals surface area (Å²) in [5.74, 6) is -1.97. The molecule has 0 saturated carbocycles. The van der Waals surface area contributed by atoms with Crippen LogP contribution in [0.2, 0.25) is 0 Å². The zero-order valence-corrected chi connectivity index (χ0v) is 11.7. The van der Waals surface area contributed by atoms with Gasteiger partial charge in [0.2, 0.25) is 0 Å². The van der Waals surface area contributed by atoms with E-state index in [-0.39, 0.29) is 30.0 Å². The van der Waals surface area contributed by atoms with Gasteiger partial charge in [0.25, 0.3) is 10.0 Å². The van der Waals surface area contributed by atoms with Crippen LogP contribution in [-0.4, -0.2) is 31.9 Å². The number of azide groups is 1. The van der Waals surface area contributed by atoms with Crippen LogP contribution in [0.25, 0.3) is 10.4 Å². The molecule has 0 spiro atoms. The third kappa shape index (κ3) is 3.15. The second-order valence-electron chi connectivity index (χ2n) is 4.55. The number of benzene rings is 1. The minimum absolute atomic E-state index is 0.103. The van der Waals surface area contributed by atoms with Crippen molar-refractivity contribution < 1.29 is 26.4 Å². The molecule has 1 aliphatic rings. The topological polar surface area (TPSA) is 103 Å². The molecule has 0 aliphatic carbocycles. The standard InChI is InChI=1S/C11H9F3N4O3S/c12-11(13,14)10(19)18-4-3-7-1-2-9(5-8(7)6-18)22(20,21)17-16-15/h1-2,5H,3-4,6H2. The highest BCUT2D eigenvalue weighted by atomic mass is 32.2. The van der Waals surface area contributed by atoms with E-state index in [4.69, 9.17) is 5.53 Å². The van der Waals surface area contributed by atoms with E-state index < -0.39 is 22.1 Å². The maximum Gasteiger partial charge on any atom is 0.471 e. The van der Waals surface area contributed by atoms with Crippen LogP contribution in [0, 0.1) is 0 Å². The van der Waals surface area contributed by atoms with Crippen molar-refractivity contribution >= 4 is 15.9 Å². The van der Waals surface area contributed by atoms with Crippen LogP contribution in [0.3, 0.4) is 0 Å². The molecule has 0 saturated heterocycles. The lowest BCUT2D eigenvalue weighted by atomic mass is 10.00. The number of alkyl halides is 3. The van der Waals surface area contributed by atoms with Crippen molar-refractivity contribution in [1.82, 2.24) is 4.90 Å². The number of nitrogens with zero attached hydrogens (tertiary/aromatic N) is 4. The number of halogens is 3. The van der Waals surface area contributed by atoms with E-state index in [0.29, 0.717) is 10.5 Å². The van der Waals surface area contributed by atoms with Crippen molar-refractivity contribution in [2.24, 2.45) is 4.52 Å². The monoisotopic (exact) mass is 334 g/mol. The molecule has 0 bridgehead atoms. The Morgan fingerprint density at radius 1 is 1.32 bits per heavy atom. The highest BCUT2D eigenvalue weighted by Gasteiger charge is 2.43. The quantitative estimate of drug-likeness (QED) is 0.470. The van der Waals surface area contributed by atoms with Gasteiger partial charge in [-0.05, 0) is 35.2 Å². The maximum atomic E-state index is 12.4. The molecule has 0 atom stereocenters. The lowest BCUT2D eigenvalue weighted by Crippen LogP contribution is -2.43. The zero-order chi connectivity index (χ0) is 16.5. The molecule has 0 fully saturated rings. The van der Waals surface area contributed by atoms with E-state index in [1.807, 2.05) is 0 Å². The fourth-order valence-corrected chi connectivity index (χ4v) is 2.86. The first-order valence-corrected chi connectivity index (χ1v) is 7.38. The van der Waals surface area contributed by atoms with Crippen molar-refractivity contribution in [3.05, 3.63) is 39.8 Å². The summed E-state index contributed by atoms with van der Waals surface area (Å²) in [7, 11) is -4.23. The van der Waals surface area contributed by atoms with E-state index in [9.17, 15) is 26.4 Å². The van der Waals surface area contributed by atoms with Crippen LogP contribution in [0.5, 0.6) is 0 Å². The molecule has 118 valence electrons. The smallest absolute Gasteiger partial charge is 0.330 e. The Labute approximate surface area is 123 Å². The number of amides is 1. The summed E-state index contributed by atoms with van der Waals surface area (Å²) in [5.41, 5.74) is 9.13. The Morgan fingerprint density at radius 2 is 2.00 bits per heavy atom.